The fraction of sp³-hybridized carbons (Fsp3) is 0.211. The van der Waals surface area contributed by atoms with E-state index in [1.54, 1.807) is 11.8 Å². The van der Waals surface area contributed by atoms with Crippen LogP contribution in [0.1, 0.15) is 13.8 Å². The Morgan fingerprint density at radius 1 is 1.11 bits per heavy atom. The zero-order chi connectivity index (χ0) is 19.1. The highest BCUT2D eigenvalue weighted by molar-refractivity contribution is 8.01. The summed E-state index contributed by atoms with van der Waals surface area (Å²) in [5.74, 6) is 0.184. The molecule has 140 valence electrons. The Morgan fingerprint density at radius 2 is 1.85 bits per heavy atom. The van der Waals surface area contributed by atoms with Crippen molar-refractivity contribution in [1.29, 1.82) is 0 Å². The van der Waals surface area contributed by atoms with Gasteiger partial charge in [-0.3, -0.25) is 4.79 Å². The number of carbonyl (C=O) groups excluding carboxylic acids is 1. The van der Waals surface area contributed by atoms with Gasteiger partial charge in [0.15, 0.2) is 4.34 Å². The molecule has 0 bridgehead atoms. The lowest BCUT2D eigenvalue weighted by Crippen LogP contribution is -2.14. The number of ether oxygens (including phenoxy) is 1. The van der Waals surface area contributed by atoms with Crippen molar-refractivity contribution in [2.24, 2.45) is 0 Å². The molecule has 0 aliphatic heterocycles. The molecular weight excluding hydrogens is 398 g/mol. The Morgan fingerprint density at radius 3 is 2.63 bits per heavy atom. The van der Waals surface area contributed by atoms with E-state index in [0.29, 0.717) is 9.53 Å². The summed E-state index contributed by atoms with van der Waals surface area (Å²) in [5, 5.41) is 11.5. The topological polar surface area (TPSA) is 64.1 Å². The molecule has 5 nitrogen and oxygen atoms in total. The number of anilines is 1. The zero-order valence-corrected chi connectivity index (χ0v) is 17.4. The van der Waals surface area contributed by atoms with Crippen molar-refractivity contribution in [1.82, 2.24) is 10.2 Å². The molecule has 1 aromatic heterocycles. The van der Waals surface area contributed by atoms with Crippen LogP contribution in [0.25, 0.3) is 0 Å². The first kappa shape index (κ1) is 19.7. The van der Waals surface area contributed by atoms with Crippen LogP contribution in [-0.4, -0.2) is 28.0 Å². The first-order valence-corrected chi connectivity index (χ1v) is 11.0. The zero-order valence-electron chi connectivity index (χ0n) is 14.9. The van der Waals surface area contributed by atoms with Crippen molar-refractivity contribution in [2.75, 3.05) is 11.1 Å². The number of benzene rings is 2. The lowest BCUT2D eigenvalue weighted by molar-refractivity contribution is -0.113. The van der Waals surface area contributed by atoms with E-state index in [9.17, 15) is 4.79 Å². The third-order valence-corrected chi connectivity index (χ3v) is 6.21. The number of carbonyl (C=O) groups is 1. The first-order valence-electron chi connectivity index (χ1n) is 8.35. The standard InChI is InChI=1S/C19H19N3O2S3/c1-13(2)24-18-21-22-19(27-18)25-12-17(23)20-15-10-6-7-11-16(15)26-14-8-4-3-5-9-14/h3-11,13H,12H2,1-2H3,(H,20,23). The van der Waals surface area contributed by atoms with Gasteiger partial charge in [0, 0.05) is 9.79 Å². The molecule has 27 heavy (non-hydrogen) atoms. The number of para-hydroxylation sites is 1. The molecule has 0 spiro atoms. The minimum atomic E-state index is -0.0809. The average molecular weight is 418 g/mol. The lowest BCUT2D eigenvalue weighted by atomic mass is 10.3. The van der Waals surface area contributed by atoms with Gasteiger partial charge in [0.05, 0.1) is 17.5 Å². The van der Waals surface area contributed by atoms with Gasteiger partial charge in [-0.15, -0.1) is 5.10 Å². The van der Waals surface area contributed by atoms with Crippen LogP contribution in [0.5, 0.6) is 5.19 Å². The van der Waals surface area contributed by atoms with Crippen molar-refractivity contribution < 1.29 is 9.53 Å². The summed E-state index contributed by atoms with van der Waals surface area (Å²) in [7, 11) is 0. The SMILES string of the molecule is CC(C)Oc1nnc(SCC(=O)Nc2ccccc2Sc2ccccc2)s1. The highest BCUT2D eigenvalue weighted by Gasteiger charge is 2.12. The predicted octanol–water partition coefficient (Wildman–Crippen LogP) is 5.21. The largest absolute Gasteiger partial charge is 0.466 e. The maximum absolute atomic E-state index is 12.4. The molecule has 0 radical (unpaired) electrons. The van der Waals surface area contributed by atoms with Gasteiger partial charge in [-0.2, -0.15) is 0 Å². The van der Waals surface area contributed by atoms with E-state index >= 15 is 0 Å². The van der Waals surface area contributed by atoms with Gasteiger partial charge in [0.1, 0.15) is 0 Å². The molecule has 3 aromatic rings. The van der Waals surface area contributed by atoms with Crippen molar-refractivity contribution in [3.05, 3.63) is 54.6 Å². The quantitative estimate of drug-likeness (QED) is 0.508. The summed E-state index contributed by atoms with van der Waals surface area (Å²) in [6, 6.07) is 17.9. The number of thioether (sulfide) groups is 1. The second-order valence-corrected chi connectivity index (χ2v) is 9.03. The van der Waals surface area contributed by atoms with Gasteiger partial charge in [0.2, 0.25) is 5.91 Å². The Bertz CT molecular complexity index is 885. The number of nitrogens with one attached hydrogen (secondary N) is 1. The molecule has 0 aliphatic rings. The van der Waals surface area contributed by atoms with Crippen molar-refractivity contribution in [3.8, 4) is 5.19 Å². The number of amides is 1. The second kappa shape index (κ2) is 9.77. The number of hydrogen-bond acceptors (Lipinski definition) is 7. The normalized spacial score (nSPS) is 10.8. The molecule has 8 heteroatoms. The van der Waals surface area contributed by atoms with Gasteiger partial charge in [0.25, 0.3) is 5.19 Å². The van der Waals surface area contributed by atoms with Gasteiger partial charge >= 0.3 is 0 Å². The summed E-state index contributed by atoms with van der Waals surface area (Å²) in [6.07, 6.45) is 0.0534. The molecule has 0 saturated heterocycles. The van der Waals surface area contributed by atoms with E-state index in [4.69, 9.17) is 4.74 Å². The average Bonchev–Trinajstić information content (AvgIpc) is 3.09. The maximum atomic E-state index is 12.4. The summed E-state index contributed by atoms with van der Waals surface area (Å²) in [4.78, 5) is 14.5. The van der Waals surface area contributed by atoms with Crippen molar-refractivity contribution >= 4 is 46.5 Å². The molecule has 1 heterocycles. The third-order valence-electron chi connectivity index (χ3n) is 3.18. The van der Waals surface area contributed by atoms with Crippen LogP contribution in [0.2, 0.25) is 0 Å². The number of rotatable bonds is 8. The van der Waals surface area contributed by atoms with Gasteiger partial charge in [-0.1, -0.05) is 59.0 Å². The summed E-state index contributed by atoms with van der Waals surface area (Å²) in [6.45, 7) is 3.87. The van der Waals surface area contributed by atoms with E-state index < -0.39 is 0 Å². The Kier molecular flexibility index (Phi) is 7.14. The molecule has 0 fully saturated rings. The lowest BCUT2D eigenvalue weighted by Gasteiger charge is -2.10. The van der Waals surface area contributed by atoms with Crippen LogP contribution < -0.4 is 10.1 Å². The minimum absolute atomic E-state index is 0.0534. The van der Waals surface area contributed by atoms with E-state index in [1.807, 2.05) is 68.4 Å². The maximum Gasteiger partial charge on any atom is 0.295 e. The number of aromatic nitrogens is 2. The third kappa shape index (κ3) is 6.27. The van der Waals surface area contributed by atoms with Crippen LogP contribution in [0, 0.1) is 0 Å². The molecule has 3 rings (SSSR count). The molecular formula is C19H19N3O2S3. The molecule has 1 amide bonds. The van der Waals surface area contributed by atoms with E-state index in [2.05, 4.69) is 15.5 Å². The van der Waals surface area contributed by atoms with E-state index in [0.717, 1.165) is 15.5 Å². The molecule has 2 aromatic carbocycles. The molecule has 0 atom stereocenters. The highest BCUT2D eigenvalue weighted by Crippen LogP contribution is 2.33. The molecule has 1 N–H and O–H groups in total. The predicted molar refractivity (Wildman–Crippen MR) is 112 cm³/mol. The first-order chi connectivity index (χ1) is 13.1. The van der Waals surface area contributed by atoms with Gasteiger partial charge < -0.3 is 10.1 Å². The van der Waals surface area contributed by atoms with Crippen LogP contribution >= 0.6 is 34.9 Å². The summed E-state index contributed by atoms with van der Waals surface area (Å²) in [5.41, 5.74) is 0.804. The highest BCUT2D eigenvalue weighted by atomic mass is 32.2. The van der Waals surface area contributed by atoms with Crippen LogP contribution in [0.3, 0.4) is 0 Å². The number of hydrogen-bond donors (Lipinski definition) is 1. The van der Waals surface area contributed by atoms with Crippen LogP contribution in [0.4, 0.5) is 5.69 Å². The van der Waals surface area contributed by atoms with Gasteiger partial charge in [-0.05, 0) is 49.4 Å². The van der Waals surface area contributed by atoms with Gasteiger partial charge in [-0.25, -0.2) is 0 Å². The molecule has 0 unspecified atom stereocenters. The summed E-state index contributed by atoms with van der Waals surface area (Å²) < 4.78 is 6.21. The summed E-state index contributed by atoms with van der Waals surface area (Å²) >= 11 is 4.32. The second-order valence-electron chi connectivity index (χ2n) is 5.75. The fourth-order valence-corrected chi connectivity index (χ4v) is 4.62. The number of nitrogens with zero attached hydrogens (tertiary/aromatic N) is 2. The Hall–Kier alpha value is -2.03. The fourth-order valence-electron chi connectivity index (χ4n) is 2.09. The molecule has 0 saturated carbocycles. The van der Waals surface area contributed by atoms with E-state index in [1.165, 1.54) is 23.1 Å². The minimum Gasteiger partial charge on any atom is -0.466 e. The molecule has 0 aliphatic carbocycles. The Labute approximate surface area is 170 Å². The van der Waals surface area contributed by atoms with Crippen molar-refractivity contribution in [2.45, 2.75) is 34.1 Å². The smallest absolute Gasteiger partial charge is 0.295 e. The van der Waals surface area contributed by atoms with Crippen LogP contribution in [0.15, 0.2) is 68.7 Å². The monoisotopic (exact) mass is 417 g/mol. The Balaban J connectivity index is 1.57. The van der Waals surface area contributed by atoms with Crippen molar-refractivity contribution in [3.63, 3.8) is 0 Å². The van der Waals surface area contributed by atoms with E-state index in [-0.39, 0.29) is 17.8 Å². The van der Waals surface area contributed by atoms with Crippen LogP contribution in [-0.2, 0) is 4.79 Å².